The van der Waals surface area contributed by atoms with Gasteiger partial charge in [0.1, 0.15) is 10.8 Å². The van der Waals surface area contributed by atoms with Crippen LogP contribution in [0.3, 0.4) is 0 Å². The quantitative estimate of drug-likeness (QED) is 0.577. The normalized spacial score (nSPS) is 11.9. The van der Waals surface area contributed by atoms with Crippen LogP contribution in [0.2, 0.25) is 5.02 Å². The number of aryl methyl sites for hydroxylation is 1. The number of hydrogen-bond donors (Lipinski definition) is 1. The second kappa shape index (κ2) is 9.22. The van der Waals surface area contributed by atoms with E-state index in [1.54, 1.807) is 18.3 Å². The van der Waals surface area contributed by atoms with E-state index in [0.29, 0.717) is 18.0 Å². The number of carbonyl (C=O) groups is 1. The van der Waals surface area contributed by atoms with E-state index >= 15 is 0 Å². The van der Waals surface area contributed by atoms with Gasteiger partial charge >= 0.3 is 0 Å². The number of ether oxygens (including phenoxy) is 1. The van der Waals surface area contributed by atoms with Crippen LogP contribution in [0.4, 0.5) is 0 Å². The molecule has 1 atom stereocenters. The summed E-state index contributed by atoms with van der Waals surface area (Å²) in [6.07, 6.45) is 0.118. The van der Waals surface area contributed by atoms with Gasteiger partial charge < -0.3 is 10.1 Å². The first kappa shape index (κ1) is 20.4. The third kappa shape index (κ3) is 5.12. The van der Waals surface area contributed by atoms with Gasteiger partial charge in [0.15, 0.2) is 6.10 Å². The largest absolute Gasteiger partial charge is 0.481 e. The molecule has 0 saturated carbocycles. The lowest BCUT2D eigenvalue weighted by Crippen LogP contribution is -2.37. The zero-order chi connectivity index (χ0) is 20.1. The molecule has 0 radical (unpaired) electrons. The monoisotopic (exact) mass is 414 g/mol. The number of benzene rings is 2. The van der Waals surface area contributed by atoms with Gasteiger partial charge in [-0.1, -0.05) is 35.9 Å². The van der Waals surface area contributed by atoms with Crippen LogP contribution in [-0.4, -0.2) is 23.5 Å². The van der Waals surface area contributed by atoms with Gasteiger partial charge in [0, 0.05) is 28.9 Å². The zero-order valence-electron chi connectivity index (χ0n) is 16.2. The van der Waals surface area contributed by atoms with Gasteiger partial charge in [0.2, 0.25) is 0 Å². The maximum Gasteiger partial charge on any atom is 0.260 e. The van der Waals surface area contributed by atoms with Crippen molar-refractivity contribution in [3.8, 4) is 16.3 Å². The molecule has 0 spiro atoms. The number of nitrogens with one attached hydrogen (secondary N) is 1. The predicted octanol–water partition coefficient (Wildman–Crippen LogP) is 5.21. The lowest BCUT2D eigenvalue weighted by molar-refractivity contribution is -0.127. The Bertz CT molecular complexity index is 953. The van der Waals surface area contributed by atoms with Gasteiger partial charge in [-0.15, -0.1) is 11.3 Å². The van der Waals surface area contributed by atoms with Crippen LogP contribution in [0, 0.1) is 13.8 Å². The minimum atomic E-state index is -0.555. The molecular formula is C22H23ClN2O2S. The average Bonchev–Trinajstić information content (AvgIpc) is 3.14. The molecule has 1 aromatic heterocycles. The number of nitrogens with zero attached hydrogens (tertiary/aromatic N) is 1. The third-order valence-corrected chi connectivity index (χ3v) is 5.74. The van der Waals surface area contributed by atoms with E-state index in [1.165, 1.54) is 0 Å². The molecule has 0 bridgehead atoms. The van der Waals surface area contributed by atoms with Crippen LogP contribution in [0.1, 0.15) is 23.7 Å². The number of amides is 1. The standard InChI is InChI=1S/C22H23ClN2O2S/c1-14-5-4-6-20(15(14)2)27-16(3)21(26)24-12-11-19-13-28-22(25-19)17-7-9-18(23)10-8-17/h4-10,13,16H,11-12H2,1-3H3,(H,24,26)/t16-/m0/s1. The van der Waals surface area contributed by atoms with Crippen molar-refractivity contribution in [2.75, 3.05) is 6.54 Å². The second-order valence-electron chi connectivity index (χ2n) is 6.65. The Morgan fingerprint density at radius 2 is 1.96 bits per heavy atom. The minimum Gasteiger partial charge on any atom is -0.481 e. The minimum absolute atomic E-state index is 0.130. The van der Waals surface area contributed by atoms with Crippen molar-refractivity contribution in [3.63, 3.8) is 0 Å². The molecule has 28 heavy (non-hydrogen) atoms. The van der Waals surface area contributed by atoms with Gasteiger partial charge in [-0.2, -0.15) is 0 Å². The second-order valence-corrected chi connectivity index (χ2v) is 7.94. The van der Waals surface area contributed by atoms with Crippen molar-refractivity contribution in [3.05, 3.63) is 69.7 Å². The van der Waals surface area contributed by atoms with Crippen LogP contribution in [-0.2, 0) is 11.2 Å². The third-order valence-electron chi connectivity index (χ3n) is 4.55. The Kier molecular flexibility index (Phi) is 6.70. The number of thiazole rings is 1. The molecule has 3 rings (SSSR count). The fourth-order valence-corrected chi connectivity index (χ4v) is 3.69. The van der Waals surface area contributed by atoms with E-state index in [9.17, 15) is 4.79 Å². The van der Waals surface area contributed by atoms with E-state index in [0.717, 1.165) is 33.1 Å². The Morgan fingerprint density at radius 1 is 1.21 bits per heavy atom. The molecule has 1 heterocycles. The first-order valence-corrected chi connectivity index (χ1v) is 10.4. The van der Waals surface area contributed by atoms with Gasteiger partial charge in [-0.25, -0.2) is 4.98 Å². The molecule has 0 fully saturated rings. The summed E-state index contributed by atoms with van der Waals surface area (Å²) in [5.74, 6) is 0.615. The SMILES string of the molecule is Cc1cccc(O[C@@H](C)C(=O)NCCc2csc(-c3ccc(Cl)cc3)n2)c1C. The Labute approximate surface area is 174 Å². The topological polar surface area (TPSA) is 51.2 Å². The van der Waals surface area contributed by atoms with Crippen LogP contribution in [0.25, 0.3) is 10.6 Å². The van der Waals surface area contributed by atoms with Crippen LogP contribution in [0.15, 0.2) is 47.8 Å². The summed E-state index contributed by atoms with van der Waals surface area (Å²) in [5.41, 5.74) is 4.20. The fraction of sp³-hybridized carbons (Fsp3) is 0.273. The van der Waals surface area contributed by atoms with E-state index in [1.807, 2.05) is 61.7 Å². The highest BCUT2D eigenvalue weighted by Gasteiger charge is 2.16. The van der Waals surface area contributed by atoms with Crippen molar-refractivity contribution in [2.45, 2.75) is 33.3 Å². The number of rotatable bonds is 7. The highest BCUT2D eigenvalue weighted by Crippen LogP contribution is 2.25. The summed E-state index contributed by atoms with van der Waals surface area (Å²) in [6.45, 7) is 6.30. The lowest BCUT2D eigenvalue weighted by atomic mass is 10.1. The molecule has 0 saturated heterocycles. The molecule has 146 valence electrons. The summed E-state index contributed by atoms with van der Waals surface area (Å²) in [4.78, 5) is 17.0. The highest BCUT2D eigenvalue weighted by molar-refractivity contribution is 7.13. The maximum absolute atomic E-state index is 12.3. The van der Waals surface area contributed by atoms with Crippen molar-refractivity contribution < 1.29 is 9.53 Å². The van der Waals surface area contributed by atoms with Crippen molar-refractivity contribution in [1.29, 1.82) is 0 Å². The highest BCUT2D eigenvalue weighted by atomic mass is 35.5. The van der Waals surface area contributed by atoms with Crippen LogP contribution >= 0.6 is 22.9 Å². The number of hydrogen-bond acceptors (Lipinski definition) is 4. The van der Waals surface area contributed by atoms with E-state index in [2.05, 4.69) is 10.3 Å². The molecule has 0 unspecified atom stereocenters. The van der Waals surface area contributed by atoms with E-state index in [-0.39, 0.29) is 5.91 Å². The first-order chi connectivity index (χ1) is 13.4. The number of carbonyl (C=O) groups excluding carboxylic acids is 1. The average molecular weight is 415 g/mol. The van der Waals surface area contributed by atoms with E-state index < -0.39 is 6.10 Å². The summed E-state index contributed by atoms with van der Waals surface area (Å²) in [6, 6.07) is 13.5. The maximum atomic E-state index is 12.3. The zero-order valence-corrected chi connectivity index (χ0v) is 17.7. The number of halogens is 1. The fourth-order valence-electron chi connectivity index (χ4n) is 2.70. The van der Waals surface area contributed by atoms with Crippen molar-refractivity contribution in [1.82, 2.24) is 10.3 Å². The Balaban J connectivity index is 1.50. The summed E-state index contributed by atoms with van der Waals surface area (Å²) in [7, 11) is 0. The predicted molar refractivity (Wildman–Crippen MR) is 115 cm³/mol. The van der Waals surface area contributed by atoms with E-state index in [4.69, 9.17) is 16.3 Å². The van der Waals surface area contributed by atoms with Crippen molar-refractivity contribution >= 4 is 28.8 Å². The summed E-state index contributed by atoms with van der Waals surface area (Å²) < 4.78 is 5.83. The molecule has 0 aliphatic heterocycles. The molecule has 1 N–H and O–H groups in total. The Hall–Kier alpha value is -2.37. The van der Waals surface area contributed by atoms with Gasteiger partial charge in [-0.05, 0) is 50.1 Å². The molecular weight excluding hydrogens is 392 g/mol. The van der Waals surface area contributed by atoms with Gasteiger partial charge in [0.25, 0.3) is 5.91 Å². The summed E-state index contributed by atoms with van der Waals surface area (Å²) >= 11 is 7.51. The van der Waals surface area contributed by atoms with Crippen LogP contribution < -0.4 is 10.1 Å². The molecule has 0 aliphatic rings. The number of aromatic nitrogens is 1. The first-order valence-electron chi connectivity index (χ1n) is 9.15. The smallest absolute Gasteiger partial charge is 0.260 e. The molecule has 1 amide bonds. The molecule has 2 aromatic carbocycles. The van der Waals surface area contributed by atoms with Crippen molar-refractivity contribution in [2.24, 2.45) is 0 Å². The summed E-state index contributed by atoms with van der Waals surface area (Å²) in [5, 5.41) is 6.60. The molecule has 6 heteroatoms. The van der Waals surface area contributed by atoms with Gasteiger partial charge in [-0.3, -0.25) is 4.79 Å². The van der Waals surface area contributed by atoms with Crippen LogP contribution in [0.5, 0.6) is 5.75 Å². The molecule has 3 aromatic rings. The molecule has 0 aliphatic carbocycles. The molecule has 4 nitrogen and oxygen atoms in total. The Morgan fingerprint density at radius 3 is 2.71 bits per heavy atom. The lowest BCUT2D eigenvalue weighted by Gasteiger charge is -2.17. The van der Waals surface area contributed by atoms with Gasteiger partial charge in [0.05, 0.1) is 5.69 Å².